The molecule has 0 aliphatic rings. The minimum absolute atomic E-state index is 0.00554. The van der Waals surface area contributed by atoms with Crippen molar-refractivity contribution in [3.8, 4) is 5.75 Å². The molecule has 1 N–H and O–H groups in total. The third-order valence-corrected chi connectivity index (χ3v) is 4.70. The third kappa shape index (κ3) is 5.99. The van der Waals surface area contributed by atoms with Crippen molar-refractivity contribution in [3.63, 3.8) is 0 Å². The van der Waals surface area contributed by atoms with Gasteiger partial charge in [-0.2, -0.15) is 0 Å². The van der Waals surface area contributed by atoms with Crippen LogP contribution in [0.25, 0.3) is 10.9 Å². The average molecular weight is 444 g/mol. The number of fused-ring (bicyclic) bond motifs is 1. The second-order valence-corrected chi connectivity index (χ2v) is 7.05. The van der Waals surface area contributed by atoms with Gasteiger partial charge in [0.05, 0.1) is 17.1 Å². The molecule has 1 heterocycles. The summed E-state index contributed by atoms with van der Waals surface area (Å²) < 4.78 is 24.7. The van der Waals surface area contributed by atoms with Gasteiger partial charge in [0, 0.05) is 35.7 Å². The summed E-state index contributed by atoms with van der Waals surface area (Å²) in [6.07, 6.45) is 4.81. The Kier molecular flexibility index (Phi) is 7.92. The summed E-state index contributed by atoms with van der Waals surface area (Å²) in [5.74, 6) is 0.527. The summed E-state index contributed by atoms with van der Waals surface area (Å²) in [4.78, 5) is 20.9. The van der Waals surface area contributed by atoms with Crippen LogP contribution in [-0.2, 0) is 16.0 Å². The van der Waals surface area contributed by atoms with E-state index in [0.29, 0.717) is 53.5 Å². The molecule has 162 valence electrons. The van der Waals surface area contributed by atoms with Gasteiger partial charge in [0.2, 0.25) is 0 Å². The Hall–Kier alpha value is -3.03. The van der Waals surface area contributed by atoms with Crippen molar-refractivity contribution < 1.29 is 18.7 Å². The first kappa shape index (κ1) is 22.7. The van der Waals surface area contributed by atoms with Gasteiger partial charge in [-0.1, -0.05) is 17.7 Å². The standard InChI is InChI=1S/C23H23ClFN3O3/c1-3-5-17(29)10-15-11-18-21(13-22(15)31-9-8-30-4-2)26-14-27-23(18)28-16-6-7-20(25)19(24)12-16/h3,5-7,11-14H,4,8-10H2,1-2H3,(H,26,27,28)/b5-3+. The number of rotatable bonds is 10. The van der Waals surface area contributed by atoms with Crippen LogP contribution in [0.15, 0.2) is 48.8 Å². The maximum atomic E-state index is 13.5. The van der Waals surface area contributed by atoms with E-state index in [-0.39, 0.29) is 17.2 Å². The number of nitrogens with one attached hydrogen (secondary N) is 1. The summed E-state index contributed by atoms with van der Waals surface area (Å²) in [5, 5.41) is 3.84. The molecule has 0 bridgehead atoms. The second-order valence-electron chi connectivity index (χ2n) is 6.64. The number of nitrogens with zero attached hydrogens (tertiary/aromatic N) is 2. The summed E-state index contributed by atoms with van der Waals surface area (Å²) in [6, 6.07) is 7.94. The molecule has 0 amide bonds. The minimum atomic E-state index is -0.501. The fourth-order valence-electron chi connectivity index (χ4n) is 3.00. The van der Waals surface area contributed by atoms with E-state index in [4.69, 9.17) is 21.1 Å². The minimum Gasteiger partial charge on any atom is -0.491 e. The highest BCUT2D eigenvalue weighted by molar-refractivity contribution is 6.31. The van der Waals surface area contributed by atoms with Crippen LogP contribution in [0, 0.1) is 5.82 Å². The second kappa shape index (κ2) is 10.8. The van der Waals surface area contributed by atoms with Gasteiger partial charge in [-0.25, -0.2) is 14.4 Å². The average Bonchev–Trinajstić information content (AvgIpc) is 2.74. The van der Waals surface area contributed by atoms with Crippen LogP contribution >= 0.6 is 11.6 Å². The van der Waals surface area contributed by atoms with E-state index in [2.05, 4.69) is 15.3 Å². The van der Waals surface area contributed by atoms with Gasteiger partial charge in [-0.15, -0.1) is 0 Å². The lowest BCUT2D eigenvalue weighted by Crippen LogP contribution is -2.09. The van der Waals surface area contributed by atoms with Crippen LogP contribution in [0.3, 0.4) is 0 Å². The number of ether oxygens (including phenoxy) is 2. The molecular weight excluding hydrogens is 421 g/mol. The number of carbonyl (C=O) groups is 1. The molecule has 0 aliphatic heterocycles. The van der Waals surface area contributed by atoms with Crippen molar-refractivity contribution >= 4 is 39.8 Å². The molecule has 0 spiro atoms. The maximum absolute atomic E-state index is 13.5. The van der Waals surface area contributed by atoms with Gasteiger partial charge < -0.3 is 14.8 Å². The van der Waals surface area contributed by atoms with Crippen molar-refractivity contribution in [1.82, 2.24) is 9.97 Å². The Labute approximate surface area is 185 Å². The van der Waals surface area contributed by atoms with Crippen molar-refractivity contribution in [3.05, 3.63) is 65.2 Å². The van der Waals surface area contributed by atoms with Gasteiger partial charge in [0.1, 0.15) is 30.3 Å². The molecule has 2 aromatic carbocycles. The lowest BCUT2D eigenvalue weighted by atomic mass is 10.0. The molecule has 0 radical (unpaired) electrons. The monoisotopic (exact) mass is 443 g/mol. The summed E-state index contributed by atoms with van der Waals surface area (Å²) in [5.41, 5.74) is 1.93. The van der Waals surface area contributed by atoms with Gasteiger partial charge in [0.25, 0.3) is 0 Å². The van der Waals surface area contributed by atoms with Crippen LogP contribution < -0.4 is 10.1 Å². The number of halogens is 2. The number of allylic oxidation sites excluding steroid dienone is 2. The highest BCUT2D eigenvalue weighted by Crippen LogP contribution is 2.31. The van der Waals surface area contributed by atoms with Crippen LogP contribution in [0.5, 0.6) is 5.75 Å². The number of ketones is 1. The Morgan fingerprint density at radius 3 is 2.81 bits per heavy atom. The summed E-state index contributed by atoms with van der Waals surface area (Å²) in [6.45, 7) is 5.11. The van der Waals surface area contributed by atoms with Crippen molar-refractivity contribution in [1.29, 1.82) is 0 Å². The zero-order chi connectivity index (χ0) is 22.2. The van der Waals surface area contributed by atoms with Gasteiger partial charge >= 0.3 is 0 Å². The molecule has 0 fully saturated rings. The predicted octanol–water partition coefficient (Wildman–Crippen LogP) is 5.27. The quantitative estimate of drug-likeness (QED) is 0.340. The molecule has 31 heavy (non-hydrogen) atoms. The normalized spacial score (nSPS) is 11.2. The highest BCUT2D eigenvalue weighted by Gasteiger charge is 2.14. The van der Waals surface area contributed by atoms with Crippen LogP contribution in [0.2, 0.25) is 5.02 Å². The molecule has 8 heteroatoms. The number of anilines is 2. The van der Waals surface area contributed by atoms with E-state index in [9.17, 15) is 9.18 Å². The predicted molar refractivity (Wildman–Crippen MR) is 120 cm³/mol. The first-order chi connectivity index (χ1) is 15.0. The first-order valence-corrected chi connectivity index (χ1v) is 10.3. The molecular formula is C23H23ClFN3O3. The third-order valence-electron chi connectivity index (χ3n) is 4.41. The molecule has 3 aromatic rings. The lowest BCUT2D eigenvalue weighted by Gasteiger charge is -2.14. The van der Waals surface area contributed by atoms with E-state index in [1.165, 1.54) is 24.5 Å². The summed E-state index contributed by atoms with van der Waals surface area (Å²) >= 11 is 5.88. The Balaban J connectivity index is 1.98. The number of carbonyl (C=O) groups excluding carboxylic acids is 1. The Morgan fingerprint density at radius 1 is 1.23 bits per heavy atom. The SMILES string of the molecule is C/C=C/C(=O)Cc1cc2c(Nc3ccc(F)c(Cl)c3)ncnc2cc1OCCOCC. The highest BCUT2D eigenvalue weighted by atomic mass is 35.5. The van der Waals surface area contributed by atoms with E-state index in [1.807, 2.05) is 13.0 Å². The molecule has 0 atom stereocenters. The van der Waals surface area contributed by atoms with Crippen LogP contribution in [0.1, 0.15) is 19.4 Å². The van der Waals surface area contributed by atoms with Gasteiger partial charge in [-0.3, -0.25) is 4.79 Å². The first-order valence-electron chi connectivity index (χ1n) is 9.87. The zero-order valence-electron chi connectivity index (χ0n) is 17.3. The van der Waals surface area contributed by atoms with E-state index < -0.39 is 5.82 Å². The topological polar surface area (TPSA) is 73.3 Å². The largest absolute Gasteiger partial charge is 0.491 e. The number of aromatic nitrogens is 2. The maximum Gasteiger partial charge on any atom is 0.159 e. The van der Waals surface area contributed by atoms with E-state index in [0.717, 1.165) is 0 Å². The van der Waals surface area contributed by atoms with E-state index in [1.54, 1.807) is 25.1 Å². The molecule has 0 saturated heterocycles. The van der Waals surface area contributed by atoms with Crippen molar-refractivity contribution in [2.24, 2.45) is 0 Å². The zero-order valence-corrected chi connectivity index (χ0v) is 18.1. The van der Waals surface area contributed by atoms with E-state index >= 15 is 0 Å². The Bertz CT molecular complexity index is 1100. The number of hydrogen-bond donors (Lipinski definition) is 1. The van der Waals surface area contributed by atoms with Gasteiger partial charge in [-0.05, 0) is 44.2 Å². The fourth-order valence-corrected chi connectivity index (χ4v) is 3.18. The molecule has 0 aliphatic carbocycles. The lowest BCUT2D eigenvalue weighted by molar-refractivity contribution is -0.114. The van der Waals surface area contributed by atoms with Crippen LogP contribution in [-0.4, -0.2) is 35.6 Å². The molecule has 3 rings (SSSR count). The molecule has 0 unspecified atom stereocenters. The number of benzene rings is 2. The summed E-state index contributed by atoms with van der Waals surface area (Å²) in [7, 11) is 0. The Morgan fingerprint density at radius 2 is 2.06 bits per heavy atom. The van der Waals surface area contributed by atoms with Gasteiger partial charge in [0.15, 0.2) is 5.78 Å². The fraction of sp³-hybridized carbons (Fsp3) is 0.261. The molecule has 0 saturated carbocycles. The van der Waals surface area contributed by atoms with Crippen molar-refractivity contribution in [2.75, 3.05) is 25.1 Å². The molecule has 1 aromatic heterocycles. The molecule has 6 nitrogen and oxygen atoms in total. The smallest absolute Gasteiger partial charge is 0.159 e. The number of hydrogen-bond acceptors (Lipinski definition) is 6. The van der Waals surface area contributed by atoms with Crippen LogP contribution in [0.4, 0.5) is 15.9 Å². The van der Waals surface area contributed by atoms with Crippen molar-refractivity contribution in [2.45, 2.75) is 20.3 Å².